The lowest BCUT2D eigenvalue weighted by atomic mass is 9.79. The zero-order chi connectivity index (χ0) is 17.0. The summed E-state index contributed by atoms with van der Waals surface area (Å²) in [4.78, 5) is 0. The average molecular weight is 335 g/mol. The number of hydrogen-bond donors (Lipinski definition) is 0. The summed E-state index contributed by atoms with van der Waals surface area (Å²) in [6, 6.07) is 0. The first-order valence-corrected chi connectivity index (χ1v) is 11.1. The van der Waals surface area contributed by atoms with Crippen molar-refractivity contribution in [2.24, 2.45) is 17.8 Å². The van der Waals surface area contributed by atoms with Gasteiger partial charge >= 0.3 is 0 Å². The van der Waals surface area contributed by atoms with Crippen LogP contribution in [0, 0.1) is 17.8 Å². The topological polar surface area (TPSA) is 9.23 Å². The van der Waals surface area contributed by atoms with E-state index >= 15 is 0 Å². The van der Waals surface area contributed by atoms with Crippen LogP contribution in [0.4, 0.5) is 0 Å². The van der Waals surface area contributed by atoms with Crippen LogP contribution in [0.1, 0.15) is 104 Å². The molecule has 0 aromatic heterocycles. The van der Waals surface area contributed by atoms with Gasteiger partial charge in [0, 0.05) is 0 Å². The van der Waals surface area contributed by atoms with E-state index in [9.17, 15) is 0 Å². The van der Waals surface area contributed by atoms with Crippen molar-refractivity contribution in [2.45, 2.75) is 110 Å². The molecule has 0 spiro atoms. The van der Waals surface area contributed by atoms with Crippen LogP contribution in [-0.2, 0) is 4.74 Å². The molecule has 2 aliphatic rings. The Morgan fingerprint density at radius 3 is 2.08 bits per heavy atom. The van der Waals surface area contributed by atoms with Crippen molar-refractivity contribution < 1.29 is 4.74 Å². The summed E-state index contributed by atoms with van der Waals surface area (Å²) in [7, 11) is 0. The van der Waals surface area contributed by atoms with Gasteiger partial charge in [-0.2, -0.15) is 0 Å². The van der Waals surface area contributed by atoms with E-state index in [0.29, 0.717) is 6.10 Å². The zero-order valence-electron chi connectivity index (χ0n) is 16.5. The Bertz CT molecular complexity index is 319. The highest BCUT2D eigenvalue weighted by Gasteiger charge is 2.21. The highest BCUT2D eigenvalue weighted by Crippen LogP contribution is 2.33. The van der Waals surface area contributed by atoms with Crippen LogP contribution in [0.2, 0.25) is 0 Å². The van der Waals surface area contributed by atoms with Gasteiger partial charge < -0.3 is 4.74 Å². The van der Waals surface area contributed by atoms with E-state index in [2.05, 4.69) is 26.0 Å². The smallest absolute Gasteiger partial charge is 0.0651 e. The summed E-state index contributed by atoms with van der Waals surface area (Å²) in [5.41, 5.74) is 0. The Labute approximate surface area is 151 Å². The highest BCUT2D eigenvalue weighted by molar-refractivity contribution is 4.91. The standard InChI is InChI=1S/C23H42O/c1-3-5-6-9-21-11-13-22(14-12-21)10-7-19-24-23-17-15-20(8-4-2)16-18-23/h7,10,20-23H,3-6,8-9,11-19H2,1-2H3/b10-7+. The van der Waals surface area contributed by atoms with Crippen LogP contribution < -0.4 is 0 Å². The maximum atomic E-state index is 6.10. The minimum Gasteiger partial charge on any atom is -0.374 e. The summed E-state index contributed by atoms with van der Waals surface area (Å²) >= 11 is 0. The molecule has 2 fully saturated rings. The van der Waals surface area contributed by atoms with Gasteiger partial charge in [-0.1, -0.05) is 64.5 Å². The summed E-state index contributed by atoms with van der Waals surface area (Å²) in [5.74, 6) is 2.84. The third-order valence-corrected chi connectivity index (χ3v) is 6.43. The Hall–Kier alpha value is -0.300. The third kappa shape index (κ3) is 7.72. The van der Waals surface area contributed by atoms with E-state index in [0.717, 1.165) is 24.4 Å². The first-order chi connectivity index (χ1) is 11.8. The molecule has 0 heterocycles. The molecule has 0 atom stereocenters. The van der Waals surface area contributed by atoms with Gasteiger partial charge in [-0.3, -0.25) is 0 Å². The fraction of sp³-hybridized carbons (Fsp3) is 0.913. The van der Waals surface area contributed by atoms with Crippen molar-refractivity contribution in [1.29, 1.82) is 0 Å². The molecule has 140 valence electrons. The molecule has 2 saturated carbocycles. The third-order valence-electron chi connectivity index (χ3n) is 6.43. The summed E-state index contributed by atoms with van der Waals surface area (Å²) in [6.45, 7) is 5.46. The van der Waals surface area contributed by atoms with Crippen LogP contribution in [0.3, 0.4) is 0 Å². The maximum Gasteiger partial charge on any atom is 0.0651 e. The summed E-state index contributed by atoms with van der Waals surface area (Å²) in [5, 5.41) is 0. The van der Waals surface area contributed by atoms with E-state index < -0.39 is 0 Å². The minimum absolute atomic E-state index is 0.539. The van der Waals surface area contributed by atoms with E-state index in [1.807, 2.05) is 0 Å². The van der Waals surface area contributed by atoms with Crippen LogP contribution in [0.15, 0.2) is 12.2 Å². The van der Waals surface area contributed by atoms with Crippen molar-refractivity contribution in [3.8, 4) is 0 Å². The number of allylic oxidation sites excluding steroid dienone is 1. The lowest BCUT2D eigenvalue weighted by Gasteiger charge is -2.28. The normalized spacial score (nSPS) is 31.6. The molecule has 0 radical (unpaired) electrons. The van der Waals surface area contributed by atoms with Crippen molar-refractivity contribution in [1.82, 2.24) is 0 Å². The predicted octanol–water partition coefficient (Wildman–Crippen LogP) is 7.30. The lowest BCUT2D eigenvalue weighted by molar-refractivity contribution is 0.0333. The highest BCUT2D eigenvalue weighted by atomic mass is 16.5. The molecular formula is C23H42O. The van der Waals surface area contributed by atoms with Crippen LogP contribution in [-0.4, -0.2) is 12.7 Å². The number of rotatable bonds is 10. The SMILES string of the molecule is CCCCCC1CCC(/C=C/COC2CCC(CCC)CC2)CC1. The van der Waals surface area contributed by atoms with Gasteiger partial charge in [-0.25, -0.2) is 0 Å². The minimum atomic E-state index is 0.539. The largest absolute Gasteiger partial charge is 0.374 e. The van der Waals surface area contributed by atoms with Crippen molar-refractivity contribution in [3.05, 3.63) is 12.2 Å². The van der Waals surface area contributed by atoms with Crippen molar-refractivity contribution in [3.63, 3.8) is 0 Å². The maximum absolute atomic E-state index is 6.10. The second-order valence-corrected chi connectivity index (χ2v) is 8.47. The number of unbranched alkanes of at least 4 members (excludes halogenated alkanes) is 2. The molecule has 0 saturated heterocycles. The quantitative estimate of drug-likeness (QED) is 0.301. The summed E-state index contributed by atoms with van der Waals surface area (Å²) < 4.78 is 6.10. The Kier molecular flexibility index (Phi) is 10.1. The molecule has 0 aromatic rings. The first-order valence-electron chi connectivity index (χ1n) is 11.1. The van der Waals surface area contributed by atoms with Gasteiger partial charge in [0.2, 0.25) is 0 Å². The van der Waals surface area contributed by atoms with Crippen molar-refractivity contribution in [2.75, 3.05) is 6.61 Å². The Morgan fingerprint density at radius 1 is 0.750 bits per heavy atom. The fourth-order valence-corrected chi connectivity index (χ4v) is 4.79. The second kappa shape index (κ2) is 12.1. The van der Waals surface area contributed by atoms with Crippen LogP contribution in [0.5, 0.6) is 0 Å². The second-order valence-electron chi connectivity index (χ2n) is 8.47. The predicted molar refractivity (Wildman–Crippen MR) is 105 cm³/mol. The molecule has 0 aromatic carbocycles. The Morgan fingerprint density at radius 2 is 1.42 bits per heavy atom. The monoisotopic (exact) mass is 334 g/mol. The average Bonchev–Trinajstić information content (AvgIpc) is 2.62. The molecule has 24 heavy (non-hydrogen) atoms. The van der Waals surface area contributed by atoms with E-state index in [4.69, 9.17) is 4.74 Å². The van der Waals surface area contributed by atoms with Gasteiger partial charge in [0.1, 0.15) is 0 Å². The molecule has 0 amide bonds. The molecule has 0 unspecified atom stereocenters. The molecule has 0 bridgehead atoms. The van der Waals surface area contributed by atoms with E-state index in [1.165, 1.54) is 89.9 Å². The van der Waals surface area contributed by atoms with Crippen molar-refractivity contribution >= 4 is 0 Å². The van der Waals surface area contributed by atoms with Gasteiger partial charge in [-0.05, 0) is 69.1 Å². The molecule has 1 heteroatoms. The number of ether oxygens (including phenoxy) is 1. The fourth-order valence-electron chi connectivity index (χ4n) is 4.79. The lowest BCUT2D eigenvalue weighted by Crippen LogP contribution is -2.21. The van der Waals surface area contributed by atoms with E-state index in [1.54, 1.807) is 0 Å². The molecule has 0 aliphatic heterocycles. The van der Waals surface area contributed by atoms with Gasteiger partial charge in [-0.15, -0.1) is 0 Å². The van der Waals surface area contributed by atoms with E-state index in [-0.39, 0.29) is 0 Å². The Balaban J connectivity index is 1.51. The van der Waals surface area contributed by atoms with Gasteiger partial charge in [0.25, 0.3) is 0 Å². The number of hydrogen-bond acceptors (Lipinski definition) is 1. The molecule has 2 aliphatic carbocycles. The molecular weight excluding hydrogens is 292 g/mol. The zero-order valence-corrected chi connectivity index (χ0v) is 16.5. The van der Waals surface area contributed by atoms with Crippen LogP contribution >= 0.6 is 0 Å². The van der Waals surface area contributed by atoms with Crippen LogP contribution in [0.25, 0.3) is 0 Å². The molecule has 1 nitrogen and oxygen atoms in total. The summed E-state index contributed by atoms with van der Waals surface area (Å²) in [6.07, 6.45) is 24.9. The van der Waals surface area contributed by atoms with Gasteiger partial charge in [0.15, 0.2) is 0 Å². The molecule has 0 N–H and O–H groups in total. The first kappa shape index (κ1) is 20.0. The van der Waals surface area contributed by atoms with Gasteiger partial charge in [0.05, 0.1) is 12.7 Å². The molecule has 2 rings (SSSR count).